The maximum Gasteiger partial charge on any atom is 0.316 e. The summed E-state index contributed by atoms with van der Waals surface area (Å²) in [6.07, 6.45) is 6.24. The number of hydrogen-bond donors (Lipinski definition) is 1. The van der Waals surface area contributed by atoms with Crippen molar-refractivity contribution >= 4 is 35.4 Å². The second-order valence-corrected chi connectivity index (χ2v) is 9.86. The van der Waals surface area contributed by atoms with Crippen LogP contribution in [0.4, 0.5) is 0 Å². The Balaban J connectivity index is 1.77. The molecule has 1 amide bonds. The van der Waals surface area contributed by atoms with Crippen LogP contribution < -0.4 is 0 Å². The summed E-state index contributed by atoms with van der Waals surface area (Å²) >= 11 is 3.29. The number of amides is 1. The molecular formula is C19H25NO3S2. The van der Waals surface area contributed by atoms with Crippen LogP contribution >= 0.6 is 23.5 Å². The molecule has 2 aliphatic rings. The summed E-state index contributed by atoms with van der Waals surface area (Å²) in [6, 6.07) is 7.40. The van der Waals surface area contributed by atoms with Crippen molar-refractivity contribution < 1.29 is 14.7 Å². The molecule has 1 N–H and O–H groups in total. The molecule has 4 nitrogen and oxygen atoms in total. The van der Waals surface area contributed by atoms with E-state index in [2.05, 4.69) is 0 Å². The molecule has 1 heterocycles. The lowest BCUT2D eigenvalue weighted by Gasteiger charge is -2.44. The van der Waals surface area contributed by atoms with Crippen molar-refractivity contribution in [2.45, 2.75) is 53.9 Å². The fraction of sp³-hybridized carbons (Fsp3) is 0.579. The SMILES string of the molecule is CC(Sc1ccccc1C(=O)N1CCSC2(CCCCC2)C1)C(=O)O. The Hall–Kier alpha value is -1.14. The first-order chi connectivity index (χ1) is 12.0. The number of carboxylic acids is 1. The van der Waals surface area contributed by atoms with Gasteiger partial charge in [0.25, 0.3) is 5.91 Å². The van der Waals surface area contributed by atoms with Gasteiger partial charge < -0.3 is 10.0 Å². The van der Waals surface area contributed by atoms with E-state index in [1.807, 2.05) is 40.9 Å². The smallest absolute Gasteiger partial charge is 0.316 e. The number of carbonyl (C=O) groups is 2. The number of nitrogens with zero attached hydrogens (tertiary/aromatic N) is 1. The van der Waals surface area contributed by atoms with Crippen molar-refractivity contribution in [1.82, 2.24) is 4.90 Å². The third-order valence-electron chi connectivity index (χ3n) is 5.07. The van der Waals surface area contributed by atoms with Crippen molar-refractivity contribution in [1.29, 1.82) is 0 Å². The first kappa shape index (κ1) is 18.6. The van der Waals surface area contributed by atoms with Crippen molar-refractivity contribution in [3.05, 3.63) is 29.8 Å². The predicted molar refractivity (Wildman–Crippen MR) is 104 cm³/mol. The van der Waals surface area contributed by atoms with E-state index in [0.717, 1.165) is 23.7 Å². The molecule has 1 spiro atoms. The van der Waals surface area contributed by atoms with E-state index in [1.165, 1.54) is 43.9 Å². The van der Waals surface area contributed by atoms with Gasteiger partial charge in [-0.15, -0.1) is 11.8 Å². The molecule has 1 atom stereocenters. The van der Waals surface area contributed by atoms with E-state index >= 15 is 0 Å². The van der Waals surface area contributed by atoms with Crippen molar-refractivity contribution in [3.8, 4) is 0 Å². The second kappa shape index (κ2) is 8.04. The molecule has 0 aromatic heterocycles. The lowest BCUT2D eigenvalue weighted by Crippen LogP contribution is -2.50. The quantitative estimate of drug-likeness (QED) is 0.797. The lowest BCUT2D eigenvalue weighted by atomic mass is 9.87. The van der Waals surface area contributed by atoms with Gasteiger partial charge in [0.2, 0.25) is 0 Å². The van der Waals surface area contributed by atoms with E-state index < -0.39 is 11.2 Å². The highest BCUT2D eigenvalue weighted by Gasteiger charge is 2.39. The topological polar surface area (TPSA) is 57.6 Å². The Bertz CT molecular complexity index is 638. The molecular weight excluding hydrogens is 354 g/mol. The number of rotatable bonds is 4. The number of carbonyl (C=O) groups excluding carboxylic acids is 1. The summed E-state index contributed by atoms with van der Waals surface area (Å²) < 4.78 is 0.239. The van der Waals surface area contributed by atoms with Gasteiger partial charge >= 0.3 is 5.97 Å². The minimum Gasteiger partial charge on any atom is -0.480 e. The maximum absolute atomic E-state index is 13.2. The van der Waals surface area contributed by atoms with E-state index in [4.69, 9.17) is 5.11 Å². The van der Waals surface area contributed by atoms with E-state index in [1.54, 1.807) is 6.92 Å². The Morgan fingerprint density at radius 2 is 1.96 bits per heavy atom. The van der Waals surface area contributed by atoms with Gasteiger partial charge in [0.1, 0.15) is 5.25 Å². The van der Waals surface area contributed by atoms with Crippen molar-refractivity contribution in [2.75, 3.05) is 18.8 Å². The van der Waals surface area contributed by atoms with Crippen LogP contribution in [0.2, 0.25) is 0 Å². The van der Waals surface area contributed by atoms with Crippen LogP contribution in [-0.2, 0) is 4.79 Å². The molecule has 0 radical (unpaired) electrons. The summed E-state index contributed by atoms with van der Waals surface area (Å²) in [7, 11) is 0. The average Bonchev–Trinajstić information content (AvgIpc) is 2.62. The summed E-state index contributed by atoms with van der Waals surface area (Å²) in [6.45, 7) is 3.26. The van der Waals surface area contributed by atoms with Gasteiger partial charge in [-0.05, 0) is 31.9 Å². The highest BCUT2D eigenvalue weighted by atomic mass is 32.2. The molecule has 136 valence electrons. The summed E-state index contributed by atoms with van der Waals surface area (Å²) in [5.74, 6) is 0.181. The molecule has 1 aromatic carbocycles. The van der Waals surface area contributed by atoms with Gasteiger partial charge in [-0.25, -0.2) is 0 Å². The molecule has 1 saturated carbocycles. The molecule has 3 rings (SSSR count). The molecule has 6 heteroatoms. The zero-order valence-corrected chi connectivity index (χ0v) is 16.2. The van der Waals surface area contributed by atoms with Crippen LogP contribution in [0.3, 0.4) is 0 Å². The minimum atomic E-state index is -0.859. The van der Waals surface area contributed by atoms with Gasteiger partial charge in [-0.2, -0.15) is 11.8 Å². The average molecular weight is 380 g/mol. The van der Waals surface area contributed by atoms with Crippen LogP contribution in [0.5, 0.6) is 0 Å². The van der Waals surface area contributed by atoms with Crippen LogP contribution in [-0.4, -0.2) is 50.7 Å². The molecule has 1 saturated heterocycles. The molecule has 2 fully saturated rings. The predicted octanol–water partition coefficient (Wildman–Crippen LogP) is 4.14. The number of benzene rings is 1. The van der Waals surface area contributed by atoms with Crippen LogP contribution in [0.25, 0.3) is 0 Å². The summed E-state index contributed by atoms with van der Waals surface area (Å²) in [4.78, 5) is 27.1. The highest BCUT2D eigenvalue weighted by molar-refractivity contribution is 8.01. The molecule has 1 aliphatic heterocycles. The fourth-order valence-corrected chi connectivity index (χ4v) is 6.16. The number of carboxylic acid groups (broad SMARTS) is 1. The molecule has 1 aromatic rings. The van der Waals surface area contributed by atoms with Gasteiger partial charge in [-0.3, -0.25) is 9.59 Å². The van der Waals surface area contributed by atoms with Crippen LogP contribution in [0.1, 0.15) is 49.4 Å². The largest absolute Gasteiger partial charge is 0.480 e. The zero-order valence-electron chi connectivity index (χ0n) is 14.6. The van der Waals surface area contributed by atoms with Gasteiger partial charge in [-0.1, -0.05) is 31.4 Å². The molecule has 1 unspecified atom stereocenters. The normalized spacial score (nSPS) is 21.1. The van der Waals surface area contributed by atoms with Gasteiger partial charge in [0.05, 0.1) is 5.56 Å². The second-order valence-electron chi connectivity index (χ2n) is 6.91. The Labute approximate surface area is 157 Å². The van der Waals surface area contributed by atoms with Crippen molar-refractivity contribution in [3.63, 3.8) is 0 Å². The van der Waals surface area contributed by atoms with Gasteiger partial charge in [0.15, 0.2) is 0 Å². The Morgan fingerprint density at radius 3 is 2.68 bits per heavy atom. The first-order valence-electron chi connectivity index (χ1n) is 8.92. The van der Waals surface area contributed by atoms with Crippen LogP contribution in [0, 0.1) is 0 Å². The van der Waals surface area contributed by atoms with E-state index in [9.17, 15) is 9.59 Å². The number of hydrogen-bond acceptors (Lipinski definition) is 4. The molecule has 1 aliphatic carbocycles. The molecule has 0 bridgehead atoms. The van der Waals surface area contributed by atoms with E-state index in [-0.39, 0.29) is 10.7 Å². The first-order valence-corrected chi connectivity index (χ1v) is 10.8. The summed E-state index contributed by atoms with van der Waals surface area (Å²) in [5, 5.41) is 8.60. The zero-order chi connectivity index (χ0) is 17.9. The third kappa shape index (κ3) is 4.34. The highest BCUT2D eigenvalue weighted by Crippen LogP contribution is 2.43. The summed E-state index contributed by atoms with van der Waals surface area (Å²) in [5.41, 5.74) is 0.637. The van der Waals surface area contributed by atoms with Gasteiger partial charge in [0, 0.05) is 28.5 Å². The van der Waals surface area contributed by atoms with Crippen molar-refractivity contribution in [2.24, 2.45) is 0 Å². The molecule has 25 heavy (non-hydrogen) atoms. The van der Waals surface area contributed by atoms with E-state index in [0.29, 0.717) is 5.56 Å². The number of aliphatic carboxylic acids is 1. The van der Waals surface area contributed by atoms with Crippen LogP contribution in [0.15, 0.2) is 29.2 Å². The Morgan fingerprint density at radius 1 is 1.24 bits per heavy atom. The number of thioether (sulfide) groups is 2. The third-order valence-corrected chi connectivity index (χ3v) is 7.77. The minimum absolute atomic E-state index is 0.0472. The fourth-order valence-electron chi connectivity index (χ4n) is 3.67. The monoisotopic (exact) mass is 379 g/mol. The standard InChI is InChI=1S/C19H25NO3S2/c1-14(18(22)23)25-16-8-4-3-7-15(16)17(21)20-11-12-24-19(13-20)9-5-2-6-10-19/h3-4,7-8,14H,2,5-6,9-13H2,1H3,(H,22,23). The lowest BCUT2D eigenvalue weighted by molar-refractivity contribution is -0.136. The Kier molecular flexibility index (Phi) is 6.00. The maximum atomic E-state index is 13.2.